The van der Waals surface area contributed by atoms with Crippen LogP contribution in [-0.2, 0) is 17.5 Å². The van der Waals surface area contributed by atoms with Crippen molar-refractivity contribution < 1.29 is 22.6 Å². The molecular formula is C31H33F3N6O2. The van der Waals surface area contributed by atoms with Crippen molar-refractivity contribution in [3.8, 4) is 11.4 Å². The summed E-state index contributed by atoms with van der Waals surface area (Å²) in [6, 6.07) is 26.5. The van der Waals surface area contributed by atoms with Crippen molar-refractivity contribution in [1.82, 2.24) is 30.0 Å². The zero-order valence-electron chi connectivity index (χ0n) is 23.5. The molecule has 0 N–H and O–H groups in total. The number of piperazine rings is 1. The van der Waals surface area contributed by atoms with Crippen LogP contribution in [0.1, 0.15) is 34.9 Å². The van der Waals surface area contributed by atoms with E-state index >= 15 is 0 Å². The summed E-state index contributed by atoms with van der Waals surface area (Å²) in [5.74, 6) is -0.447. The summed E-state index contributed by atoms with van der Waals surface area (Å²) in [6.45, 7) is 2.91. The van der Waals surface area contributed by atoms with E-state index in [-0.39, 0.29) is 29.8 Å². The number of fused-ring (bicyclic) bond motifs is 1. The molecule has 0 spiro atoms. The summed E-state index contributed by atoms with van der Waals surface area (Å²) in [6.07, 6.45) is -3.63. The van der Waals surface area contributed by atoms with Gasteiger partial charge in [-0.2, -0.15) is 17.9 Å². The second kappa shape index (κ2) is 11.8. The van der Waals surface area contributed by atoms with Gasteiger partial charge in [0.25, 0.3) is 5.82 Å². The number of nitrogens with zero attached hydrogens (tertiary/aromatic N) is 6. The molecule has 2 saturated heterocycles. The van der Waals surface area contributed by atoms with E-state index < -0.39 is 12.0 Å². The average Bonchev–Trinajstić information content (AvgIpc) is 3.66. The summed E-state index contributed by atoms with van der Waals surface area (Å²) < 4.78 is 52.9. The molecule has 6 rings (SSSR count). The third-order valence-corrected chi connectivity index (χ3v) is 8.42. The maximum absolute atomic E-state index is 13.6. The first-order valence-corrected chi connectivity index (χ1v) is 14.0. The van der Waals surface area contributed by atoms with Gasteiger partial charge in [-0.3, -0.25) is 9.80 Å². The first-order valence-electron chi connectivity index (χ1n) is 14.0. The predicted octanol–water partition coefficient (Wildman–Crippen LogP) is 4.80. The second-order valence-corrected chi connectivity index (χ2v) is 10.9. The summed E-state index contributed by atoms with van der Waals surface area (Å²) in [7, 11) is 3.34. The topological polar surface area (TPSA) is 68.5 Å². The first kappa shape index (κ1) is 28.3. The van der Waals surface area contributed by atoms with Crippen LogP contribution in [0.25, 0.3) is 5.69 Å². The van der Waals surface area contributed by atoms with Crippen molar-refractivity contribution in [2.24, 2.45) is 0 Å². The fourth-order valence-corrected chi connectivity index (χ4v) is 6.58. The summed E-state index contributed by atoms with van der Waals surface area (Å²) >= 11 is 0. The van der Waals surface area contributed by atoms with E-state index in [4.69, 9.17) is 9.47 Å². The van der Waals surface area contributed by atoms with Gasteiger partial charge in [-0.1, -0.05) is 60.7 Å². The molecule has 1 aromatic heterocycles. The van der Waals surface area contributed by atoms with Gasteiger partial charge >= 0.3 is 6.18 Å². The number of methoxy groups -OCH3 is 2. The minimum Gasteiger partial charge on any atom is -0.496 e. The minimum atomic E-state index is -4.68. The Hall–Kier alpha value is -3.80. The highest BCUT2D eigenvalue weighted by Gasteiger charge is 2.45. The van der Waals surface area contributed by atoms with Crippen LogP contribution >= 0.6 is 0 Å². The zero-order valence-corrected chi connectivity index (χ0v) is 23.5. The van der Waals surface area contributed by atoms with E-state index in [0.29, 0.717) is 12.3 Å². The molecule has 0 aliphatic carbocycles. The number of ether oxygens (including phenoxy) is 2. The van der Waals surface area contributed by atoms with Crippen LogP contribution in [0.4, 0.5) is 13.2 Å². The van der Waals surface area contributed by atoms with Crippen LogP contribution in [0, 0.1) is 0 Å². The van der Waals surface area contributed by atoms with Crippen molar-refractivity contribution in [3.63, 3.8) is 0 Å². The van der Waals surface area contributed by atoms with Gasteiger partial charge < -0.3 is 9.47 Å². The Kier molecular flexibility index (Phi) is 7.98. The van der Waals surface area contributed by atoms with Gasteiger partial charge in [0.2, 0.25) is 0 Å². The normalized spacial score (nSPS) is 21.5. The fraction of sp³-hybridized carbons (Fsp3) is 0.387. The standard InChI is InChI=1S/C31H33F3N6O2/c1-41-26-16-25-18-38(17-23-15-24(13-14-28(23)42-2)40-30(31(32,33)34)35-36-37-40)20-27(39(25)19-26)29(21-9-5-3-6-10-21)22-11-7-4-8-12-22/h3-15,25-27,29H,16-20H2,1-2H3/t25-,26?,27?/m0/s1. The van der Waals surface area contributed by atoms with E-state index in [1.165, 1.54) is 17.2 Å². The molecule has 0 radical (unpaired) electrons. The zero-order chi connectivity index (χ0) is 29.3. The van der Waals surface area contributed by atoms with E-state index in [1.54, 1.807) is 26.4 Å². The number of halogens is 3. The number of tetrazole rings is 1. The van der Waals surface area contributed by atoms with Gasteiger partial charge in [-0.05, 0) is 46.2 Å². The SMILES string of the molecule is COc1ccc(-n2nnnc2C(F)(F)F)cc1CN1CC(C(c2ccccc2)c2ccccc2)N2CC(OC)C[C@H]2C1. The van der Waals surface area contributed by atoms with Crippen LogP contribution in [-0.4, -0.2) is 82.0 Å². The maximum Gasteiger partial charge on any atom is 0.453 e. The molecule has 4 aromatic rings. The number of hydrogen-bond donors (Lipinski definition) is 0. The monoisotopic (exact) mass is 578 g/mol. The molecule has 0 saturated carbocycles. The molecule has 11 heteroatoms. The van der Waals surface area contributed by atoms with Gasteiger partial charge in [0.1, 0.15) is 5.75 Å². The molecule has 2 aliphatic heterocycles. The molecule has 220 valence electrons. The largest absolute Gasteiger partial charge is 0.496 e. The maximum atomic E-state index is 13.6. The Morgan fingerprint density at radius 2 is 1.60 bits per heavy atom. The molecule has 2 unspecified atom stereocenters. The third kappa shape index (κ3) is 5.64. The average molecular weight is 579 g/mol. The molecule has 0 amide bonds. The molecule has 2 aliphatic rings. The van der Waals surface area contributed by atoms with Crippen LogP contribution in [0.15, 0.2) is 78.9 Å². The number of hydrogen-bond acceptors (Lipinski definition) is 7. The van der Waals surface area contributed by atoms with Gasteiger partial charge in [0.15, 0.2) is 0 Å². The van der Waals surface area contributed by atoms with Gasteiger partial charge in [0, 0.05) is 56.9 Å². The predicted molar refractivity (Wildman–Crippen MR) is 150 cm³/mol. The van der Waals surface area contributed by atoms with Crippen molar-refractivity contribution in [3.05, 3.63) is 101 Å². The summed E-state index contributed by atoms with van der Waals surface area (Å²) in [5, 5.41) is 10.1. The molecule has 3 atom stereocenters. The number of rotatable bonds is 8. The van der Waals surface area contributed by atoms with Crippen molar-refractivity contribution in [1.29, 1.82) is 0 Å². The lowest BCUT2D eigenvalue weighted by Gasteiger charge is -2.47. The van der Waals surface area contributed by atoms with E-state index in [1.807, 2.05) is 12.1 Å². The first-order chi connectivity index (χ1) is 20.4. The van der Waals surface area contributed by atoms with Crippen molar-refractivity contribution in [2.45, 2.75) is 43.2 Å². The van der Waals surface area contributed by atoms with Crippen molar-refractivity contribution in [2.75, 3.05) is 33.9 Å². The lowest BCUT2D eigenvalue weighted by molar-refractivity contribution is -0.146. The smallest absolute Gasteiger partial charge is 0.453 e. The van der Waals surface area contributed by atoms with Gasteiger partial charge in [-0.15, -0.1) is 5.10 Å². The Bertz CT molecular complexity index is 1440. The van der Waals surface area contributed by atoms with E-state index in [2.05, 4.69) is 73.9 Å². The molecule has 2 fully saturated rings. The summed E-state index contributed by atoms with van der Waals surface area (Å²) in [5.41, 5.74) is 3.48. The minimum absolute atomic E-state index is 0.122. The summed E-state index contributed by atoms with van der Waals surface area (Å²) in [4.78, 5) is 4.98. The van der Waals surface area contributed by atoms with Crippen LogP contribution in [0.3, 0.4) is 0 Å². The van der Waals surface area contributed by atoms with E-state index in [9.17, 15) is 13.2 Å². The molecule has 3 heterocycles. The quantitative estimate of drug-likeness (QED) is 0.298. The van der Waals surface area contributed by atoms with Crippen LogP contribution in [0.5, 0.6) is 5.75 Å². The lowest BCUT2D eigenvalue weighted by atomic mass is 9.82. The van der Waals surface area contributed by atoms with Gasteiger partial charge in [-0.25, -0.2) is 0 Å². The highest BCUT2D eigenvalue weighted by Crippen LogP contribution is 2.39. The second-order valence-electron chi connectivity index (χ2n) is 10.9. The number of alkyl halides is 3. The van der Waals surface area contributed by atoms with Crippen LogP contribution in [0.2, 0.25) is 0 Å². The van der Waals surface area contributed by atoms with E-state index in [0.717, 1.165) is 36.3 Å². The Labute approximate surface area is 242 Å². The molecule has 0 bridgehead atoms. The molecule has 42 heavy (non-hydrogen) atoms. The van der Waals surface area contributed by atoms with Crippen LogP contribution < -0.4 is 4.74 Å². The molecular weight excluding hydrogens is 545 g/mol. The highest BCUT2D eigenvalue weighted by atomic mass is 19.4. The van der Waals surface area contributed by atoms with Gasteiger partial charge in [0.05, 0.1) is 18.9 Å². The Morgan fingerprint density at radius 1 is 0.905 bits per heavy atom. The lowest BCUT2D eigenvalue weighted by Crippen LogP contribution is -2.58. The van der Waals surface area contributed by atoms with Crippen molar-refractivity contribution >= 4 is 0 Å². The Morgan fingerprint density at radius 3 is 2.21 bits per heavy atom. The number of benzene rings is 3. The third-order valence-electron chi connectivity index (χ3n) is 8.42. The number of aromatic nitrogens is 4. The highest BCUT2D eigenvalue weighted by molar-refractivity contribution is 5.44. The fourth-order valence-electron chi connectivity index (χ4n) is 6.58. The molecule has 8 nitrogen and oxygen atoms in total. The molecule has 3 aromatic carbocycles. The Balaban J connectivity index is 1.36.